The molecule has 1 aliphatic rings. The Hall–Kier alpha value is -4.50. The molecule has 0 saturated heterocycles. The van der Waals surface area contributed by atoms with Crippen LogP contribution in [0, 0.1) is 0 Å². The van der Waals surface area contributed by atoms with Gasteiger partial charge in [0.05, 0.1) is 30.0 Å². The van der Waals surface area contributed by atoms with E-state index in [0.717, 1.165) is 5.56 Å². The van der Waals surface area contributed by atoms with E-state index < -0.39 is 6.04 Å². The fraction of sp³-hybridized carbons (Fsp3) is 0.143. The third kappa shape index (κ3) is 4.68. The number of aromatic nitrogens is 2. The Kier molecular flexibility index (Phi) is 6.70. The molecule has 1 N–H and O–H groups in total. The van der Waals surface area contributed by atoms with Gasteiger partial charge in [-0.3, -0.25) is 19.1 Å². The lowest BCUT2D eigenvalue weighted by Crippen LogP contribution is -2.40. The number of allylic oxidation sites excluding steroid dienone is 1. The third-order valence-corrected chi connectivity index (χ3v) is 7.00. The van der Waals surface area contributed by atoms with Crippen LogP contribution in [0.5, 0.6) is 11.5 Å². The number of carbonyl (C=O) groups is 1. The highest BCUT2D eigenvalue weighted by molar-refractivity contribution is 7.07. The van der Waals surface area contributed by atoms with Gasteiger partial charge in [-0.05, 0) is 48.9 Å². The van der Waals surface area contributed by atoms with Gasteiger partial charge in [-0.25, -0.2) is 4.99 Å². The predicted octanol–water partition coefficient (Wildman–Crippen LogP) is 3.29. The summed E-state index contributed by atoms with van der Waals surface area (Å²) in [6.07, 6.45) is 5.14. The number of fused-ring (bicyclic) bond motifs is 1. The summed E-state index contributed by atoms with van der Waals surface area (Å²) in [6.45, 7) is 1.78. The molecular weight excluding hydrogens is 488 g/mol. The molecule has 0 saturated carbocycles. The number of benzene rings is 2. The summed E-state index contributed by atoms with van der Waals surface area (Å²) in [6, 6.07) is 17.4. The number of hydrogen-bond donors (Lipinski definition) is 1. The standard InChI is InChI=1S/C28H24N4O4S/c1-17-24(26(33)31-19-9-5-4-6-10-19)25(21-12-11-20(35-2)15-22(21)36-3)32-27(34)23(37-28(32)30-17)14-18-8-7-13-29-16-18/h4-16,25H,1-3H3,(H,31,33)/b23-14-/t25-/m1/s1. The number of methoxy groups -OCH3 is 2. The van der Waals surface area contributed by atoms with Gasteiger partial charge in [0.2, 0.25) is 0 Å². The van der Waals surface area contributed by atoms with Crippen LogP contribution in [0.3, 0.4) is 0 Å². The minimum absolute atomic E-state index is 0.256. The van der Waals surface area contributed by atoms with E-state index in [4.69, 9.17) is 9.47 Å². The molecule has 1 aliphatic heterocycles. The molecule has 5 rings (SSSR count). The largest absolute Gasteiger partial charge is 0.497 e. The van der Waals surface area contributed by atoms with Crippen molar-refractivity contribution >= 4 is 29.0 Å². The highest BCUT2D eigenvalue weighted by Crippen LogP contribution is 2.37. The second kappa shape index (κ2) is 10.2. The van der Waals surface area contributed by atoms with Crippen LogP contribution in [0.1, 0.15) is 24.1 Å². The first kappa shape index (κ1) is 24.2. The molecule has 0 aliphatic carbocycles. The zero-order chi connectivity index (χ0) is 25.9. The maximum absolute atomic E-state index is 13.8. The lowest BCUT2D eigenvalue weighted by Gasteiger charge is -2.26. The molecule has 186 valence electrons. The van der Waals surface area contributed by atoms with Crippen molar-refractivity contribution in [3.05, 3.63) is 115 Å². The molecule has 3 heterocycles. The van der Waals surface area contributed by atoms with Crippen LogP contribution in [0.25, 0.3) is 6.08 Å². The van der Waals surface area contributed by atoms with Gasteiger partial charge in [0.25, 0.3) is 11.5 Å². The number of para-hydroxylation sites is 1. The van der Waals surface area contributed by atoms with Gasteiger partial charge < -0.3 is 14.8 Å². The molecule has 2 aromatic heterocycles. The van der Waals surface area contributed by atoms with Crippen LogP contribution in [-0.4, -0.2) is 29.7 Å². The van der Waals surface area contributed by atoms with Crippen molar-refractivity contribution in [2.75, 3.05) is 19.5 Å². The van der Waals surface area contributed by atoms with Crippen LogP contribution >= 0.6 is 11.3 Å². The number of nitrogens with zero attached hydrogens (tertiary/aromatic N) is 3. The number of pyridine rings is 1. The molecule has 1 amide bonds. The number of nitrogens with one attached hydrogen (secondary N) is 1. The molecule has 0 unspecified atom stereocenters. The Morgan fingerprint density at radius 3 is 2.59 bits per heavy atom. The lowest BCUT2D eigenvalue weighted by atomic mass is 9.94. The van der Waals surface area contributed by atoms with Crippen LogP contribution in [-0.2, 0) is 4.79 Å². The Bertz CT molecular complexity index is 1670. The topological polar surface area (TPSA) is 94.8 Å². The molecule has 9 heteroatoms. The minimum atomic E-state index is -0.767. The summed E-state index contributed by atoms with van der Waals surface area (Å²) < 4.78 is 13.1. The SMILES string of the molecule is COc1ccc([C@@H]2C(C(=O)Nc3ccccc3)=C(C)N=c3s/c(=C\c4cccnc4)c(=O)n32)c(OC)c1. The van der Waals surface area contributed by atoms with E-state index in [9.17, 15) is 9.59 Å². The monoisotopic (exact) mass is 512 g/mol. The van der Waals surface area contributed by atoms with Gasteiger partial charge in [0.1, 0.15) is 17.5 Å². The Morgan fingerprint density at radius 1 is 1.08 bits per heavy atom. The van der Waals surface area contributed by atoms with Crippen molar-refractivity contribution in [2.45, 2.75) is 13.0 Å². The average Bonchev–Trinajstić information content (AvgIpc) is 3.22. The van der Waals surface area contributed by atoms with Crippen molar-refractivity contribution in [3.63, 3.8) is 0 Å². The van der Waals surface area contributed by atoms with E-state index in [1.165, 1.54) is 11.3 Å². The van der Waals surface area contributed by atoms with E-state index in [1.54, 1.807) is 68.4 Å². The summed E-state index contributed by atoms with van der Waals surface area (Å²) in [5, 5.41) is 2.95. The van der Waals surface area contributed by atoms with Crippen molar-refractivity contribution < 1.29 is 14.3 Å². The maximum atomic E-state index is 13.8. The third-order valence-electron chi connectivity index (χ3n) is 6.02. The van der Waals surface area contributed by atoms with Crippen LogP contribution in [0.4, 0.5) is 5.69 Å². The first-order valence-electron chi connectivity index (χ1n) is 11.5. The molecule has 0 spiro atoms. The molecule has 2 aromatic carbocycles. The van der Waals surface area contributed by atoms with E-state index in [0.29, 0.717) is 43.4 Å². The number of rotatable bonds is 6. The van der Waals surface area contributed by atoms with Crippen LogP contribution in [0.2, 0.25) is 0 Å². The molecule has 0 fully saturated rings. The van der Waals surface area contributed by atoms with Crippen LogP contribution < -0.4 is 29.7 Å². The number of thiazole rings is 1. The van der Waals surface area contributed by atoms with Gasteiger partial charge in [0, 0.05) is 29.7 Å². The Labute approximate surface area is 216 Å². The number of anilines is 1. The highest BCUT2D eigenvalue weighted by Gasteiger charge is 2.34. The fourth-order valence-corrected chi connectivity index (χ4v) is 5.33. The van der Waals surface area contributed by atoms with Gasteiger partial charge in [-0.2, -0.15) is 0 Å². The summed E-state index contributed by atoms with van der Waals surface area (Å²) in [7, 11) is 3.11. The van der Waals surface area contributed by atoms with Gasteiger partial charge >= 0.3 is 0 Å². The summed E-state index contributed by atoms with van der Waals surface area (Å²) in [5.41, 5.74) is 2.70. The Morgan fingerprint density at radius 2 is 1.89 bits per heavy atom. The van der Waals surface area contributed by atoms with Gasteiger partial charge in [-0.1, -0.05) is 35.6 Å². The quantitative estimate of drug-likeness (QED) is 0.428. The normalized spacial score (nSPS) is 15.1. The molecular formula is C28H24N4O4S. The van der Waals surface area contributed by atoms with E-state index in [1.807, 2.05) is 36.4 Å². The second-order valence-corrected chi connectivity index (χ2v) is 9.31. The van der Waals surface area contributed by atoms with Crippen molar-refractivity contribution in [2.24, 2.45) is 4.99 Å². The van der Waals surface area contributed by atoms with Crippen molar-refractivity contribution in [1.29, 1.82) is 0 Å². The van der Waals surface area contributed by atoms with Gasteiger partial charge in [-0.15, -0.1) is 0 Å². The van der Waals surface area contributed by atoms with E-state index in [-0.39, 0.29) is 11.5 Å². The zero-order valence-corrected chi connectivity index (χ0v) is 21.3. The molecule has 1 atom stereocenters. The summed E-state index contributed by atoms with van der Waals surface area (Å²) >= 11 is 1.27. The maximum Gasteiger partial charge on any atom is 0.271 e. The Balaban J connectivity index is 1.72. The number of hydrogen-bond acceptors (Lipinski definition) is 7. The first-order valence-corrected chi connectivity index (χ1v) is 12.3. The molecule has 0 radical (unpaired) electrons. The molecule has 0 bridgehead atoms. The molecule has 37 heavy (non-hydrogen) atoms. The van der Waals surface area contributed by atoms with Crippen molar-refractivity contribution in [1.82, 2.24) is 9.55 Å². The second-order valence-electron chi connectivity index (χ2n) is 8.30. The minimum Gasteiger partial charge on any atom is -0.497 e. The lowest BCUT2D eigenvalue weighted by molar-refractivity contribution is -0.113. The molecule has 4 aromatic rings. The van der Waals surface area contributed by atoms with Gasteiger partial charge in [0.15, 0.2) is 4.80 Å². The van der Waals surface area contributed by atoms with Crippen LogP contribution in [0.15, 0.2) is 94.1 Å². The van der Waals surface area contributed by atoms with E-state index in [2.05, 4.69) is 15.3 Å². The van der Waals surface area contributed by atoms with Crippen molar-refractivity contribution in [3.8, 4) is 11.5 Å². The predicted molar refractivity (Wildman–Crippen MR) is 143 cm³/mol. The number of ether oxygens (including phenoxy) is 2. The fourth-order valence-electron chi connectivity index (χ4n) is 4.28. The smallest absolute Gasteiger partial charge is 0.271 e. The summed E-state index contributed by atoms with van der Waals surface area (Å²) in [4.78, 5) is 36.8. The number of carbonyl (C=O) groups excluding carboxylic acids is 1. The zero-order valence-electron chi connectivity index (χ0n) is 20.5. The number of amides is 1. The first-order chi connectivity index (χ1) is 18.0. The highest BCUT2D eigenvalue weighted by atomic mass is 32.1. The molecule has 8 nitrogen and oxygen atoms in total. The average molecular weight is 513 g/mol. The van der Waals surface area contributed by atoms with E-state index >= 15 is 0 Å². The summed E-state index contributed by atoms with van der Waals surface area (Å²) in [5.74, 6) is 0.739.